The molecule has 3 rings (SSSR count). The first-order chi connectivity index (χ1) is 10.6. The lowest BCUT2D eigenvalue weighted by Crippen LogP contribution is -2.25. The van der Waals surface area contributed by atoms with Crippen molar-refractivity contribution in [3.63, 3.8) is 0 Å². The van der Waals surface area contributed by atoms with Gasteiger partial charge in [-0.3, -0.25) is 14.8 Å². The molecular formula is C18H19N3O. The molecule has 4 nitrogen and oxygen atoms in total. The fourth-order valence-electron chi connectivity index (χ4n) is 2.69. The zero-order chi connectivity index (χ0) is 15.7. The predicted molar refractivity (Wildman–Crippen MR) is 88.2 cm³/mol. The van der Waals surface area contributed by atoms with Gasteiger partial charge in [0.15, 0.2) is 0 Å². The minimum absolute atomic E-state index is 0.0175. The highest BCUT2D eigenvalue weighted by atomic mass is 16.1. The van der Waals surface area contributed by atoms with Crippen molar-refractivity contribution in [3.8, 4) is 0 Å². The number of aromatic nitrogens is 3. The topological polar surface area (TPSA) is 47.8 Å². The number of fused-ring (bicyclic) bond motifs is 1. The van der Waals surface area contributed by atoms with Gasteiger partial charge in [0.05, 0.1) is 12.1 Å². The second-order valence-electron chi connectivity index (χ2n) is 5.84. The van der Waals surface area contributed by atoms with E-state index in [0.29, 0.717) is 12.2 Å². The van der Waals surface area contributed by atoms with Gasteiger partial charge >= 0.3 is 0 Å². The number of rotatable bonds is 3. The molecule has 0 aliphatic carbocycles. The molecule has 0 unspecified atom stereocenters. The Morgan fingerprint density at radius 3 is 2.77 bits per heavy atom. The van der Waals surface area contributed by atoms with E-state index < -0.39 is 0 Å². The Morgan fingerprint density at radius 1 is 1.23 bits per heavy atom. The standard InChI is InChI=1S/C18H19N3O/c1-12(2)17-18(22)21(9-8-19-17)11-14-10-13(3)20-16-7-5-4-6-15(14)16/h4-10,12H,11H2,1-3H3. The van der Waals surface area contributed by atoms with Gasteiger partial charge in [0.25, 0.3) is 5.56 Å². The molecule has 0 N–H and O–H groups in total. The van der Waals surface area contributed by atoms with Gasteiger partial charge in [-0.2, -0.15) is 0 Å². The van der Waals surface area contributed by atoms with Crippen LogP contribution in [-0.4, -0.2) is 14.5 Å². The summed E-state index contributed by atoms with van der Waals surface area (Å²) in [6.07, 6.45) is 3.45. The van der Waals surface area contributed by atoms with E-state index in [-0.39, 0.29) is 11.5 Å². The van der Waals surface area contributed by atoms with Crippen molar-refractivity contribution < 1.29 is 0 Å². The summed E-state index contributed by atoms with van der Waals surface area (Å²) < 4.78 is 1.73. The van der Waals surface area contributed by atoms with Crippen molar-refractivity contribution in [2.24, 2.45) is 0 Å². The van der Waals surface area contributed by atoms with E-state index in [0.717, 1.165) is 22.2 Å². The molecule has 1 aromatic carbocycles. The molecule has 0 fully saturated rings. The van der Waals surface area contributed by atoms with Crippen LogP contribution in [0.4, 0.5) is 0 Å². The van der Waals surface area contributed by atoms with Gasteiger partial charge in [-0.15, -0.1) is 0 Å². The van der Waals surface area contributed by atoms with Gasteiger partial charge < -0.3 is 4.57 Å². The maximum atomic E-state index is 12.5. The molecule has 0 bridgehead atoms. The van der Waals surface area contributed by atoms with Crippen LogP contribution < -0.4 is 5.56 Å². The lowest BCUT2D eigenvalue weighted by molar-refractivity contribution is 0.698. The number of nitrogens with zero attached hydrogens (tertiary/aromatic N) is 3. The number of benzene rings is 1. The molecule has 0 aliphatic heterocycles. The molecule has 0 spiro atoms. The molecule has 0 aliphatic rings. The molecule has 0 saturated carbocycles. The molecular weight excluding hydrogens is 274 g/mol. The predicted octanol–water partition coefficient (Wildman–Crippen LogP) is 3.27. The molecule has 3 aromatic rings. The lowest BCUT2D eigenvalue weighted by Gasteiger charge is -2.12. The van der Waals surface area contributed by atoms with E-state index in [4.69, 9.17) is 0 Å². The van der Waals surface area contributed by atoms with Crippen molar-refractivity contribution >= 4 is 10.9 Å². The first kappa shape index (κ1) is 14.4. The second-order valence-corrected chi connectivity index (χ2v) is 5.84. The van der Waals surface area contributed by atoms with Crippen LogP contribution in [0.5, 0.6) is 0 Å². The third kappa shape index (κ3) is 2.64. The number of pyridine rings is 1. The summed E-state index contributed by atoms with van der Waals surface area (Å²) in [5.74, 6) is 0.121. The maximum absolute atomic E-state index is 12.5. The summed E-state index contributed by atoms with van der Waals surface area (Å²) in [4.78, 5) is 21.3. The monoisotopic (exact) mass is 293 g/mol. The molecule has 2 heterocycles. The summed E-state index contributed by atoms with van der Waals surface area (Å²) in [6.45, 7) is 6.48. The molecule has 4 heteroatoms. The average molecular weight is 293 g/mol. The number of hydrogen-bond donors (Lipinski definition) is 0. The first-order valence-corrected chi connectivity index (χ1v) is 7.47. The SMILES string of the molecule is Cc1cc(Cn2ccnc(C(C)C)c2=O)c2ccccc2n1. The van der Waals surface area contributed by atoms with Crippen LogP contribution in [0, 0.1) is 6.92 Å². The van der Waals surface area contributed by atoms with Crippen LogP contribution in [0.3, 0.4) is 0 Å². The molecule has 22 heavy (non-hydrogen) atoms. The highest BCUT2D eigenvalue weighted by molar-refractivity contribution is 5.82. The fraction of sp³-hybridized carbons (Fsp3) is 0.278. The summed E-state index contributed by atoms with van der Waals surface area (Å²) >= 11 is 0. The molecule has 0 radical (unpaired) electrons. The van der Waals surface area contributed by atoms with Crippen LogP contribution >= 0.6 is 0 Å². The van der Waals surface area contributed by atoms with Gasteiger partial charge in [0.1, 0.15) is 5.69 Å². The Hall–Kier alpha value is -2.49. The third-order valence-electron chi connectivity index (χ3n) is 3.76. The Labute approximate surface area is 129 Å². The molecule has 112 valence electrons. The van der Waals surface area contributed by atoms with Gasteiger partial charge in [0, 0.05) is 29.4 Å². The van der Waals surface area contributed by atoms with Gasteiger partial charge in [-0.05, 0) is 24.6 Å². The smallest absolute Gasteiger partial charge is 0.272 e. The van der Waals surface area contributed by atoms with E-state index in [1.807, 2.05) is 51.1 Å². The number of hydrogen-bond acceptors (Lipinski definition) is 3. The Kier molecular flexibility index (Phi) is 3.75. The summed E-state index contributed by atoms with van der Waals surface area (Å²) in [6, 6.07) is 10.1. The summed E-state index contributed by atoms with van der Waals surface area (Å²) in [5, 5.41) is 1.09. The normalized spacial score (nSPS) is 11.3. The van der Waals surface area contributed by atoms with Gasteiger partial charge in [-0.25, -0.2) is 0 Å². The quantitative estimate of drug-likeness (QED) is 0.744. The van der Waals surface area contributed by atoms with Crippen molar-refractivity contribution in [2.45, 2.75) is 33.2 Å². The van der Waals surface area contributed by atoms with Crippen LogP contribution in [0.15, 0.2) is 47.5 Å². The molecule has 2 aromatic heterocycles. The first-order valence-electron chi connectivity index (χ1n) is 7.47. The van der Waals surface area contributed by atoms with E-state index in [1.54, 1.807) is 17.0 Å². The molecule has 0 saturated heterocycles. The minimum Gasteiger partial charge on any atom is -0.308 e. The molecule has 0 amide bonds. The highest BCUT2D eigenvalue weighted by Crippen LogP contribution is 2.19. The second kappa shape index (κ2) is 5.72. The largest absolute Gasteiger partial charge is 0.308 e. The summed E-state index contributed by atoms with van der Waals surface area (Å²) in [7, 11) is 0. The average Bonchev–Trinajstić information content (AvgIpc) is 2.49. The van der Waals surface area contributed by atoms with E-state index in [2.05, 4.69) is 9.97 Å². The Bertz CT molecular complexity index is 881. The van der Waals surface area contributed by atoms with Crippen LogP contribution in [0.25, 0.3) is 10.9 Å². The van der Waals surface area contributed by atoms with E-state index in [9.17, 15) is 4.79 Å². The van der Waals surface area contributed by atoms with Crippen LogP contribution in [0.2, 0.25) is 0 Å². The van der Waals surface area contributed by atoms with Crippen molar-refractivity contribution in [1.29, 1.82) is 0 Å². The minimum atomic E-state index is -0.0175. The van der Waals surface area contributed by atoms with Crippen LogP contribution in [0.1, 0.15) is 36.7 Å². The van der Waals surface area contributed by atoms with Crippen molar-refractivity contribution in [1.82, 2.24) is 14.5 Å². The van der Waals surface area contributed by atoms with Gasteiger partial charge in [-0.1, -0.05) is 32.0 Å². The highest BCUT2D eigenvalue weighted by Gasteiger charge is 2.10. The molecule has 0 atom stereocenters. The third-order valence-corrected chi connectivity index (χ3v) is 3.76. The fourth-order valence-corrected chi connectivity index (χ4v) is 2.69. The number of aryl methyl sites for hydroxylation is 1. The van der Waals surface area contributed by atoms with E-state index in [1.165, 1.54) is 0 Å². The number of para-hydroxylation sites is 1. The van der Waals surface area contributed by atoms with Gasteiger partial charge in [0.2, 0.25) is 0 Å². The zero-order valence-corrected chi connectivity index (χ0v) is 13.1. The zero-order valence-electron chi connectivity index (χ0n) is 13.1. The maximum Gasteiger partial charge on any atom is 0.272 e. The summed E-state index contributed by atoms with van der Waals surface area (Å²) in [5.41, 5.74) is 3.61. The lowest BCUT2D eigenvalue weighted by atomic mass is 10.1. The van der Waals surface area contributed by atoms with Crippen molar-refractivity contribution in [3.05, 3.63) is 70.0 Å². The van der Waals surface area contributed by atoms with Crippen molar-refractivity contribution in [2.75, 3.05) is 0 Å². The Morgan fingerprint density at radius 2 is 2.00 bits per heavy atom. The Balaban J connectivity index is 2.11. The van der Waals surface area contributed by atoms with E-state index >= 15 is 0 Å². The van der Waals surface area contributed by atoms with Crippen LogP contribution in [-0.2, 0) is 6.54 Å².